The van der Waals surface area contributed by atoms with Gasteiger partial charge in [0.15, 0.2) is 0 Å². The third-order valence-corrected chi connectivity index (χ3v) is 4.82. The molecule has 0 aromatic heterocycles. The molecule has 0 bridgehead atoms. The van der Waals surface area contributed by atoms with E-state index in [1.807, 2.05) is 0 Å². The van der Waals surface area contributed by atoms with Crippen molar-refractivity contribution in [1.82, 2.24) is 4.90 Å². The van der Waals surface area contributed by atoms with Gasteiger partial charge < -0.3 is 10.6 Å². The van der Waals surface area contributed by atoms with Gasteiger partial charge in [0.2, 0.25) is 5.91 Å². The summed E-state index contributed by atoms with van der Waals surface area (Å²) in [4.78, 5) is 14.4. The van der Waals surface area contributed by atoms with Gasteiger partial charge in [0.1, 0.15) is 11.6 Å². The number of rotatable bonds is 9. The lowest BCUT2D eigenvalue weighted by Crippen LogP contribution is -2.38. The van der Waals surface area contributed by atoms with Gasteiger partial charge in [0.05, 0.1) is 6.54 Å². The van der Waals surface area contributed by atoms with Crippen molar-refractivity contribution < 1.29 is 13.6 Å². The van der Waals surface area contributed by atoms with Crippen LogP contribution in [0.1, 0.15) is 63.4 Å². The van der Waals surface area contributed by atoms with Crippen molar-refractivity contribution >= 4 is 18.3 Å². The maximum Gasteiger partial charge on any atom is 0.223 e. The molecule has 1 aliphatic carbocycles. The fraction of sp³-hybridized carbons (Fsp3) is 0.632. The lowest BCUT2D eigenvalue weighted by Gasteiger charge is -2.29. The third kappa shape index (κ3) is 6.55. The SMILES string of the molecule is Cl.NCCCCCCC(=O)N(Cc1c(F)cccc1F)C1CCCC1. The molecule has 0 spiro atoms. The molecule has 1 aromatic carbocycles. The van der Waals surface area contributed by atoms with E-state index in [0.29, 0.717) is 13.0 Å². The van der Waals surface area contributed by atoms with Gasteiger partial charge in [-0.25, -0.2) is 8.78 Å². The number of amides is 1. The van der Waals surface area contributed by atoms with Gasteiger partial charge in [0, 0.05) is 18.0 Å². The molecule has 142 valence electrons. The summed E-state index contributed by atoms with van der Waals surface area (Å²) in [5.74, 6) is -1.14. The van der Waals surface area contributed by atoms with Crippen LogP contribution in [0, 0.1) is 11.6 Å². The molecule has 1 amide bonds. The van der Waals surface area contributed by atoms with E-state index >= 15 is 0 Å². The molecule has 0 heterocycles. The summed E-state index contributed by atoms with van der Waals surface area (Å²) in [6.45, 7) is 0.708. The first kappa shape index (κ1) is 21.8. The third-order valence-electron chi connectivity index (χ3n) is 4.82. The van der Waals surface area contributed by atoms with E-state index in [2.05, 4.69) is 0 Å². The largest absolute Gasteiger partial charge is 0.335 e. The molecule has 1 aromatic rings. The van der Waals surface area contributed by atoms with Gasteiger partial charge in [-0.05, 0) is 44.4 Å². The first-order valence-electron chi connectivity index (χ1n) is 9.06. The minimum absolute atomic E-state index is 0. The van der Waals surface area contributed by atoms with Crippen LogP contribution in [0.15, 0.2) is 18.2 Å². The molecule has 1 aliphatic rings. The van der Waals surface area contributed by atoms with Crippen LogP contribution >= 0.6 is 12.4 Å². The molecular weight excluding hydrogens is 346 g/mol. The van der Waals surface area contributed by atoms with E-state index < -0.39 is 11.6 Å². The molecular formula is C19H29ClF2N2O. The lowest BCUT2D eigenvalue weighted by molar-refractivity contribution is -0.134. The Hall–Kier alpha value is -1.20. The number of carbonyl (C=O) groups is 1. The Morgan fingerprint density at radius 2 is 1.68 bits per heavy atom. The second-order valence-corrected chi connectivity index (χ2v) is 6.61. The van der Waals surface area contributed by atoms with E-state index in [0.717, 1.165) is 51.4 Å². The van der Waals surface area contributed by atoms with Crippen molar-refractivity contribution in [3.05, 3.63) is 35.4 Å². The molecule has 0 aliphatic heterocycles. The van der Waals surface area contributed by atoms with Gasteiger partial charge in [-0.3, -0.25) is 4.79 Å². The number of unbranched alkanes of at least 4 members (excludes halogenated alkanes) is 3. The molecule has 1 fully saturated rings. The van der Waals surface area contributed by atoms with Crippen molar-refractivity contribution in [3.63, 3.8) is 0 Å². The molecule has 3 nitrogen and oxygen atoms in total. The Balaban J connectivity index is 0.00000312. The van der Waals surface area contributed by atoms with Gasteiger partial charge in [-0.1, -0.05) is 31.7 Å². The molecule has 2 rings (SSSR count). The number of hydrogen-bond donors (Lipinski definition) is 1. The second-order valence-electron chi connectivity index (χ2n) is 6.61. The number of hydrogen-bond acceptors (Lipinski definition) is 2. The number of halogens is 3. The van der Waals surface area contributed by atoms with Crippen LogP contribution in [0.2, 0.25) is 0 Å². The van der Waals surface area contributed by atoms with Crippen molar-refractivity contribution in [2.75, 3.05) is 6.54 Å². The Bertz CT molecular complexity index is 516. The zero-order valence-corrected chi connectivity index (χ0v) is 15.5. The average molecular weight is 375 g/mol. The normalized spacial score (nSPS) is 14.4. The Morgan fingerprint density at radius 3 is 2.28 bits per heavy atom. The van der Waals surface area contributed by atoms with Crippen LogP contribution < -0.4 is 5.73 Å². The number of nitrogens with zero attached hydrogens (tertiary/aromatic N) is 1. The van der Waals surface area contributed by atoms with Crippen LogP contribution in [-0.2, 0) is 11.3 Å². The Labute approximate surface area is 155 Å². The molecule has 2 N–H and O–H groups in total. The molecule has 6 heteroatoms. The Kier molecular flexibility index (Phi) is 9.98. The van der Waals surface area contributed by atoms with Gasteiger partial charge in [-0.2, -0.15) is 0 Å². The summed E-state index contributed by atoms with van der Waals surface area (Å²) < 4.78 is 27.9. The van der Waals surface area contributed by atoms with E-state index in [9.17, 15) is 13.6 Å². The van der Waals surface area contributed by atoms with E-state index in [-0.39, 0.29) is 36.5 Å². The minimum Gasteiger partial charge on any atom is -0.335 e. The zero-order chi connectivity index (χ0) is 17.4. The molecule has 0 saturated heterocycles. The summed E-state index contributed by atoms with van der Waals surface area (Å²) in [6, 6.07) is 3.97. The number of nitrogens with two attached hydrogens (primary N) is 1. The van der Waals surface area contributed by atoms with Gasteiger partial charge in [-0.15, -0.1) is 12.4 Å². The maximum atomic E-state index is 14.0. The highest BCUT2D eigenvalue weighted by Gasteiger charge is 2.28. The monoisotopic (exact) mass is 374 g/mol. The average Bonchev–Trinajstić information content (AvgIpc) is 3.08. The molecule has 25 heavy (non-hydrogen) atoms. The Morgan fingerprint density at radius 1 is 1.08 bits per heavy atom. The van der Waals surface area contributed by atoms with Gasteiger partial charge >= 0.3 is 0 Å². The molecule has 0 atom stereocenters. The second kappa shape index (κ2) is 11.4. The smallest absolute Gasteiger partial charge is 0.223 e. The summed E-state index contributed by atoms with van der Waals surface area (Å²) in [7, 11) is 0. The topological polar surface area (TPSA) is 46.3 Å². The lowest BCUT2D eigenvalue weighted by atomic mass is 10.1. The van der Waals surface area contributed by atoms with E-state index in [4.69, 9.17) is 5.73 Å². The quantitative estimate of drug-likeness (QED) is 0.644. The van der Waals surface area contributed by atoms with Gasteiger partial charge in [0.25, 0.3) is 0 Å². The van der Waals surface area contributed by atoms with E-state index in [1.165, 1.54) is 18.2 Å². The molecule has 0 unspecified atom stereocenters. The highest BCUT2D eigenvalue weighted by atomic mass is 35.5. The number of carbonyl (C=O) groups excluding carboxylic acids is 1. The summed E-state index contributed by atoms with van der Waals surface area (Å²) in [5.41, 5.74) is 5.47. The van der Waals surface area contributed by atoms with Crippen molar-refractivity contribution in [2.24, 2.45) is 5.73 Å². The predicted molar refractivity (Wildman–Crippen MR) is 98.6 cm³/mol. The number of benzene rings is 1. The summed E-state index contributed by atoms with van der Waals surface area (Å²) >= 11 is 0. The fourth-order valence-electron chi connectivity index (χ4n) is 3.41. The van der Waals surface area contributed by atoms with Crippen molar-refractivity contribution in [2.45, 2.75) is 70.4 Å². The van der Waals surface area contributed by atoms with E-state index in [1.54, 1.807) is 4.90 Å². The predicted octanol–water partition coefficient (Wildman–Crippen LogP) is 4.57. The molecule has 0 radical (unpaired) electrons. The summed E-state index contributed by atoms with van der Waals surface area (Å²) in [6.07, 6.45) is 8.21. The fourth-order valence-corrected chi connectivity index (χ4v) is 3.41. The summed E-state index contributed by atoms with van der Waals surface area (Å²) in [5, 5.41) is 0. The van der Waals surface area contributed by atoms with Crippen LogP contribution in [0.4, 0.5) is 8.78 Å². The minimum atomic E-state index is -0.575. The highest BCUT2D eigenvalue weighted by molar-refractivity contribution is 5.85. The highest BCUT2D eigenvalue weighted by Crippen LogP contribution is 2.27. The van der Waals surface area contributed by atoms with Crippen LogP contribution in [-0.4, -0.2) is 23.4 Å². The van der Waals surface area contributed by atoms with Crippen molar-refractivity contribution in [1.29, 1.82) is 0 Å². The van der Waals surface area contributed by atoms with Crippen molar-refractivity contribution in [3.8, 4) is 0 Å². The molecule has 1 saturated carbocycles. The zero-order valence-electron chi connectivity index (χ0n) is 14.7. The standard InChI is InChI=1S/C19H28F2N2O.ClH/c20-17-10-7-11-18(21)16(17)14-23(15-8-4-5-9-15)19(24)12-3-1-2-6-13-22;/h7,10-11,15H,1-6,8-9,12-14,22H2;1H. The maximum absolute atomic E-state index is 14.0. The van der Waals surface area contributed by atoms with Crippen LogP contribution in [0.3, 0.4) is 0 Å². The van der Waals surface area contributed by atoms with Crippen LogP contribution in [0.5, 0.6) is 0 Å². The first-order chi connectivity index (χ1) is 11.6. The first-order valence-corrected chi connectivity index (χ1v) is 9.06. The van der Waals surface area contributed by atoms with Crippen LogP contribution in [0.25, 0.3) is 0 Å².